The summed E-state index contributed by atoms with van der Waals surface area (Å²) in [6, 6.07) is 15.5. The fourth-order valence-corrected chi connectivity index (χ4v) is 4.33. The van der Waals surface area contributed by atoms with Crippen LogP contribution in [0.3, 0.4) is 0 Å². The number of unbranched alkanes of at least 4 members (excludes halogenated alkanes) is 8. The quantitative estimate of drug-likeness (QED) is 0.215. The Kier molecular flexibility index (Phi) is 11.0. The summed E-state index contributed by atoms with van der Waals surface area (Å²) in [6.45, 7) is 5.84. The van der Waals surface area contributed by atoms with Crippen LogP contribution >= 0.6 is 0 Å². The van der Waals surface area contributed by atoms with Gasteiger partial charge in [0.1, 0.15) is 12.4 Å². The number of ether oxygens (including phenoxy) is 2. The maximum Gasteiger partial charge on any atom is 0.297 e. The van der Waals surface area contributed by atoms with E-state index in [4.69, 9.17) is 9.47 Å². The maximum absolute atomic E-state index is 13.4. The lowest BCUT2D eigenvalue weighted by atomic mass is 10.1. The van der Waals surface area contributed by atoms with Crippen molar-refractivity contribution in [2.24, 2.45) is 0 Å². The fraction of sp³-hybridized carbons (Fsp3) is 0.500. The molecule has 190 valence electrons. The smallest absolute Gasteiger partial charge is 0.297 e. The van der Waals surface area contributed by atoms with Crippen LogP contribution in [0.5, 0.6) is 17.2 Å². The van der Waals surface area contributed by atoms with E-state index < -0.39 is 0 Å². The third-order valence-corrected chi connectivity index (χ3v) is 6.40. The Morgan fingerprint density at radius 2 is 1.49 bits per heavy atom. The number of hydrogen-bond donors (Lipinski definition) is 1. The van der Waals surface area contributed by atoms with E-state index in [1.54, 1.807) is 4.57 Å². The van der Waals surface area contributed by atoms with Gasteiger partial charge in [-0.25, -0.2) is 0 Å². The van der Waals surface area contributed by atoms with Gasteiger partial charge in [0.15, 0.2) is 5.75 Å². The molecule has 0 saturated carbocycles. The van der Waals surface area contributed by atoms with Crippen LogP contribution in [0.1, 0.15) is 83.6 Å². The minimum atomic E-state index is -0.265. The van der Waals surface area contributed by atoms with Crippen LogP contribution in [0.25, 0.3) is 10.9 Å². The van der Waals surface area contributed by atoms with Crippen LogP contribution < -0.4 is 15.0 Å². The number of pyridine rings is 1. The first-order valence-corrected chi connectivity index (χ1v) is 13.3. The van der Waals surface area contributed by atoms with Gasteiger partial charge in [0.05, 0.1) is 12.1 Å². The molecule has 0 aliphatic heterocycles. The first kappa shape index (κ1) is 26.7. The van der Waals surface area contributed by atoms with Crippen molar-refractivity contribution >= 4 is 10.9 Å². The number of rotatable bonds is 16. The second-order valence-electron chi connectivity index (χ2n) is 9.26. The number of fused-ring (bicyclic) bond motifs is 1. The molecule has 35 heavy (non-hydrogen) atoms. The molecule has 5 nitrogen and oxygen atoms in total. The van der Waals surface area contributed by atoms with Gasteiger partial charge in [-0.3, -0.25) is 4.79 Å². The van der Waals surface area contributed by atoms with Crippen molar-refractivity contribution in [3.05, 3.63) is 64.4 Å². The molecule has 0 saturated heterocycles. The summed E-state index contributed by atoms with van der Waals surface area (Å²) in [5.74, 6) is 0.664. The van der Waals surface area contributed by atoms with E-state index in [9.17, 15) is 9.90 Å². The fourth-order valence-electron chi connectivity index (χ4n) is 4.33. The monoisotopic (exact) mass is 479 g/mol. The van der Waals surface area contributed by atoms with Gasteiger partial charge in [0, 0.05) is 18.0 Å². The molecule has 2 aromatic carbocycles. The zero-order valence-electron chi connectivity index (χ0n) is 21.4. The Morgan fingerprint density at radius 3 is 2.23 bits per heavy atom. The minimum absolute atomic E-state index is 0.0675. The normalized spacial score (nSPS) is 11.1. The van der Waals surface area contributed by atoms with Crippen LogP contribution in [0.15, 0.2) is 53.3 Å². The molecule has 3 rings (SSSR count). The SMILES string of the molecule is CCCCCCCCn1c(=O)c(OCCCCCC)c(O)c2ccc(OCc3ccccc3)cc21. The van der Waals surface area contributed by atoms with Crippen molar-refractivity contribution in [1.29, 1.82) is 0 Å². The van der Waals surface area contributed by atoms with Crippen molar-refractivity contribution < 1.29 is 14.6 Å². The van der Waals surface area contributed by atoms with Crippen LogP contribution in [0, 0.1) is 0 Å². The largest absolute Gasteiger partial charge is 0.504 e. The number of benzene rings is 2. The van der Waals surface area contributed by atoms with Crippen molar-refractivity contribution in [2.75, 3.05) is 6.61 Å². The highest BCUT2D eigenvalue weighted by molar-refractivity contribution is 5.88. The van der Waals surface area contributed by atoms with Crippen LogP contribution in [-0.4, -0.2) is 16.3 Å². The van der Waals surface area contributed by atoms with E-state index in [0.717, 1.165) is 44.1 Å². The van der Waals surface area contributed by atoms with Crippen molar-refractivity contribution in [3.8, 4) is 17.2 Å². The predicted octanol–water partition coefficient (Wildman–Crippen LogP) is 7.61. The number of hydrogen-bond acceptors (Lipinski definition) is 4. The molecule has 1 aromatic heterocycles. The maximum atomic E-state index is 13.4. The summed E-state index contributed by atoms with van der Waals surface area (Å²) in [5, 5.41) is 11.6. The van der Waals surface area contributed by atoms with Gasteiger partial charge < -0.3 is 19.1 Å². The Balaban J connectivity index is 1.84. The van der Waals surface area contributed by atoms with E-state index in [-0.39, 0.29) is 17.1 Å². The number of nitrogens with zero attached hydrogens (tertiary/aromatic N) is 1. The summed E-state index contributed by atoms with van der Waals surface area (Å²) < 4.78 is 13.6. The third-order valence-electron chi connectivity index (χ3n) is 6.40. The van der Waals surface area contributed by atoms with Crippen molar-refractivity contribution in [1.82, 2.24) is 4.57 Å². The molecule has 0 aliphatic rings. The highest BCUT2D eigenvalue weighted by atomic mass is 16.5. The van der Waals surface area contributed by atoms with E-state index >= 15 is 0 Å². The Morgan fingerprint density at radius 1 is 0.800 bits per heavy atom. The molecule has 0 amide bonds. The molecule has 0 fully saturated rings. The molecule has 5 heteroatoms. The molecule has 0 aliphatic carbocycles. The topological polar surface area (TPSA) is 60.7 Å². The average Bonchev–Trinajstić information content (AvgIpc) is 2.88. The van der Waals surface area contributed by atoms with Gasteiger partial charge in [-0.2, -0.15) is 0 Å². The molecular weight excluding hydrogens is 438 g/mol. The zero-order valence-corrected chi connectivity index (χ0v) is 21.4. The molecule has 0 unspecified atom stereocenters. The van der Waals surface area contributed by atoms with Gasteiger partial charge in [-0.15, -0.1) is 0 Å². The van der Waals surface area contributed by atoms with E-state index in [2.05, 4.69) is 13.8 Å². The first-order valence-electron chi connectivity index (χ1n) is 13.3. The summed E-state index contributed by atoms with van der Waals surface area (Å²) >= 11 is 0. The standard InChI is InChI=1S/C30H41NO4/c1-3-5-7-9-10-14-20-31-27-22-25(35-23-24-16-12-11-13-17-24)18-19-26(27)28(32)29(30(31)33)34-21-15-8-6-4-2/h11-13,16-19,22,32H,3-10,14-15,20-21,23H2,1-2H3. The molecule has 0 spiro atoms. The Labute approximate surface area is 209 Å². The molecule has 0 atom stereocenters. The number of aromatic hydroxyl groups is 1. The molecule has 0 bridgehead atoms. The van der Waals surface area contributed by atoms with Crippen LogP contribution in [0.4, 0.5) is 0 Å². The second-order valence-corrected chi connectivity index (χ2v) is 9.26. The summed E-state index contributed by atoms with van der Waals surface area (Å²) in [4.78, 5) is 13.4. The number of aryl methyl sites for hydroxylation is 1. The second kappa shape index (κ2) is 14.4. The lowest BCUT2D eigenvalue weighted by Crippen LogP contribution is -2.23. The summed E-state index contributed by atoms with van der Waals surface area (Å²) in [7, 11) is 0. The van der Waals surface area contributed by atoms with Crippen molar-refractivity contribution in [2.45, 2.75) is 91.2 Å². The Bertz CT molecular complexity index is 1090. The van der Waals surface area contributed by atoms with E-state index in [1.807, 2.05) is 48.5 Å². The molecule has 3 aromatic rings. The van der Waals surface area contributed by atoms with E-state index in [0.29, 0.717) is 36.4 Å². The summed E-state index contributed by atoms with van der Waals surface area (Å²) in [6.07, 6.45) is 11.1. The minimum Gasteiger partial charge on any atom is -0.504 e. The van der Waals surface area contributed by atoms with E-state index in [1.165, 1.54) is 25.7 Å². The lowest BCUT2D eigenvalue weighted by molar-refractivity contribution is 0.284. The predicted molar refractivity (Wildman–Crippen MR) is 144 cm³/mol. The van der Waals surface area contributed by atoms with Gasteiger partial charge >= 0.3 is 0 Å². The average molecular weight is 480 g/mol. The number of aromatic nitrogens is 1. The molecule has 0 radical (unpaired) electrons. The highest BCUT2D eigenvalue weighted by Gasteiger charge is 2.18. The lowest BCUT2D eigenvalue weighted by Gasteiger charge is -2.17. The zero-order chi connectivity index (χ0) is 24.9. The molecule has 1 heterocycles. The summed E-state index contributed by atoms with van der Waals surface area (Å²) in [5.41, 5.74) is 1.50. The van der Waals surface area contributed by atoms with Crippen LogP contribution in [-0.2, 0) is 13.2 Å². The van der Waals surface area contributed by atoms with Crippen molar-refractivity contribution in [3.63, 3.8) is 0 Å². The highest BCUT2D eigenvalue weighted by Crippen LogP contribution is 2.34. The molecular formula is C30H41NO4. The van der Waals surface area contributed by atoms with Gasteiger partial charge in [-0.05, 0) is 30.5 Å². The molecule has 1 N–H and O–H groups in total. The third kappa shape index (κ3) is 7.78. The van der Waals surface area contributed by atoms with Crippen LogP contribution in [0.2, 0.25) is 0 Å². The van der Waals surface area contributed by atoms with Gasteiger partial charge in [0.2, 0.25) is 5.75 Å². The first-order chi connectivity index (χ1) is 17.2. The van der Waals surface area contributed by atoms with Gasteiger partial charge in [0.25, 0.3) is 5.56 Å². The Hall–Kier alpha value is -2.95. The van der Waals surface area contributed by atoms with Gasteiger partial charge in [-0.1, -0.05) is 95.5 Å².